The second-order valence-electron chi connectivity index (χ2n) is 9.41. The molecule has 0 spiro atoms. The minimum atomic E-state index is -0.985. The fourth-order valence-electron chi connectivity index (χ4n) is 3.06. The van der Waals surface area contributed by atoms with Gasteiger partial charge in [-0.25, -0.2) is 14.4 Å². The zero-order chi connectivity index (χ0) is 36.2. The van der Waals surface area contributed by atoms with Gasteiger partial charge in [0.05, 0.1) is 79.2 Å². The van der Waals surface area contributed by atoms with Gasteiger partial charge in [-0.3, -0.25) is 0 Å². The number of carboxylic acid groups (broad SMARTS) is 3. The van der Waals surface area contributed by atoms with Gasteiger partial charge in [-0.15, -0.1) is 0 Å². The Morgan fingerprint density at radius 3 is 0.809 bits per heavy atom. The Hall–Kier alpha value is -5.25. The summed E-state index contributed by atoms with van der Waals surface area (Å²) in [4.78, 5) is 31.7. The number of carboxylic acids is 3. The second kappa shape index (κ2) is 21.5. The van der Waals surface area contributed by atoms with Crippen LogP contribution in [0.1, 0.15) is 38.0 Å². The predicted molar refractivity (Wildman–Crippen MR) is 169 cm³/mol. The minimum absolute atomic E-state index is 0.178. The lowest BCUT2D eigenvalue weighted by atomic mass is 9.95. The van der Waals surface area contributed by atoms with E-state index in [1.165, 1.54) is 79.1 Å². The molecule has 0 fully saturated rings. The van der Waals surface area contributed by atoms with Crippen molar-refractivity contribution >= 4 is 17.9 Å². The molecule has 15 nitrogen and oxygen atoms in total. The number of aliphatic hydroxyl groups is 3. The molecule has 0 unspecified atom stereocenters. The number of aliphatic hydroxyl groups excluding tert-OH is 3. The molecule has 0 radical (unpaired) electrons. The van der Waals surface area contributed by atoms with Crippen LogP contribution in [-0.2, 0) is 0 Å². The molecular weight excluding hydrogens is 624 g/mol. The largest absolute Gasteiger partial charge is 0.493 e. The summed E-state index contributed by atoms with van der Waals surface area (Å²) >= 11 is 0. The molecule has 0 aromatic heterocycles. The van der Waals surface area contributed by atoms with Crippen molar-refractivity contribution in [2.24, 2.45) is 5.41 Å². The summed E-state index contributed by atoms with van der Waals surface area (Å²) in [5.74, 6) is -0.137. The number of hydrogen-bond acceptors (Lipinski definition) is 12. The highest BCUT2D eigenvalue weighted by Crippen LogP contribution is 2.29. The molecule has 0 aliphatic rings. The first-order valence-electron chi connectivity index (χ1n) is 13.4. The molecule has 47 heavy (non-hydrogen) atoms. The lowest BCUT2D eigenvalue weighted by molar-refractivity contribution is 0.0200. The van der Waals surface area contributed by atoms with Crippen molar-refractivity contribution in [2.45, 2.75) is 6.92 Å². The molecule has 3 aromatic carbocycles. The van der Waals surface area contributed by atoms with Crippen molar-refractivity contribution in [1.29, 1.82) is 0 Å². The maximum Gasteiger partial charge on any atom is 0.335 e. The Bertz CT molecular complexity index is 1250. The van der Waals surface area contributed by atoms with Gasteiger partial charge in [0.2, 0.25) is 0 Å². The Morgan fingerprint density at radius 2 is 0.681 bits per heavy atom. The SMILES string of the molecule is CC(CO)(CO)CO.COc1ccc(C(=O)O)cc1OC.COc1ccc(C(=O)O)cc1OC.COc1ccc(C(=O)O)cc1OC. The molecule has 0 atom stereocenters. The summed E-state index contributed by atoms with van der Waals surface area (Å²) in [6.45, 7) is 1.06. The topological polar surface area (TPSA) is 228 Å². The zero-order valence-electron chi connectivity index (χ0n) is 27.2. The van der Waals surface area contributed by atoms with Gasteiger partial charge in [0.1, 0.15) is 0 Å². The normalized spacial score (nSPS) is 9.83. The Kier molecular flexibility index (Phi) is 19.1. The quantitative estimate of drug-likeness (QED) is 0.163. The third-order valence-corrected chi connectivity index (χ3v) is 6.04. The fraction of sp³-hybridized carbons (Fsp3) is 0.344. The van der Waals surface area contributed by atoms with Crippen LogP contribution in [0.3, 0.4) is 0 Å². The first-order valence-corrected chi connectivity index (χ1v) is 13.4. The highest BCUT2D eigenvalue weighted by atomic mass is 16.5. The van der Waals surface area contributed by atoms with Crippen LogP contribution in [0.4, 0.5) is 0 Å². The molecular formula is C32H42O15. The fourth-order valence-corrected chi connectivity index (χ4v) is 3.06. The van der Waals surface area contributed by atoms with Crippen molar-refractivity contribution in [3.05, 3.63) is 71.3 Å². The van der Waals surface area contributed by atoms with E-state index >= 15 is 0 Å². The van der Waals surface area contributed by atoms with Crippen LogP contribution in [0.5, 0.6) is 34.5 Å². The van der Waals surface area contributed by atoms with Gasteiger partial charge in [0, 0.05) is 5.41 Å². The summed E-state index contributed by atoms with van der Waals surface area (Å²) in [6.07, 6.45) is 0. The number of hydrogen-bond donors (Lipinski definition) is 6. The summed E-state index contributed by atoms with van der Waals surface area (Å²) < 4.78 is 29.7. The Morgan fingerprint density at radius 1 is 0.468 bits per heavy atom. The Balaban J connectivity index is 0.000000610. The van der Waals surface area contributed by atoms with E-state index in [0.29, 0.717) is 34.5 Å². The van der Waals surface area contributed by atoms with Crippen LogP contribution < -0.4 is 28.4 Å². The third-order valence-electron chi connectivity index (χ3n) is 6.04. The highest BCUT2D eigenvalue weighted by Gasteiger charge is 2.20. The number of ether oxygens (including phenoxy) is 6. The molecule has 0 saturated heterocycles. The van der Waals surface area contributed by atoms with E-state index < -0.39 is 23.3 Å². The van der Waals surface area contributed by atoms with E-state index in [1.807, 2.05) is 0 Å². The first kappa shape index (κ1) is 41.8. The van der Waals surface area contributed by atoms with Crippen LogP contribution >= 0.6 is 0 Å². The summed E-state index contributed by atoms with van der Waals surface area (Å²) in [6, 6.07) is 13.3. The monoisotopic (exact) mass is 666 g/mol. The molecule has 0 aliphatic carbocycles. The highest BCUT2D eigenvalue weighted by molar-refractivity contribution is 5.89. The van der Waals surface area contributed by atoms with E-state index in [2.05, 4.69) is 0 Å². The van der Waals surface area contributed by atoms with Crippen LogP contribution in [-0.4, -0.2) is 111 Å². The number of carbonyl (C=O) groups is 3. The van der Waals surface area contributed by atoms with Gasteiger partial charge >= 0.3 is 17.9 Å². The molecule has 3 rings (SSSR count). The standard InChI is InChI=1S/3C9H10O4.C5H12O3/c3*1-12-7-4-3-6(9(10)11)5-8(7)13-2;1-5(2-6,3-7)4-8/h3*3-5H,1-2H3,(H,10,11);6-8H,2-4H2,1H3. The van der Waals surface area contributed by atoms with Gasteiger partial charge in [0.25, 0.3) is 0 Å². The van der Waals surface area contributed by atoms with Gasteiger partial charge in [0.15, 0.2) is 34.5 Å². The van der Waals surface area contributed by atoms with Crippen LogP contribution in [0.15, 0.2) is 54.6 Å². The summed E-state index contributed by atoms with van der Waals surface area (Å²) in [7, 11) is 8.88. The number of methoxy groups -OCH3 is 6. The molecule has 0 amide bonds. The molecule has 0 aliphatic heterocycles. The first-order chi connectivity index (χ1) is 22.2. The average Bonchev–Trinajstić information content (AvgIpc) is 3.10. The molecule has 15 heteroatoms. The summed E-state index contributed by atoms with van der Waals surface area (Å²) in [5, 5.41) is 51.4. The molecule has 6 N–H and O–H groups in total. The van der Waals surface area contributed by atoms with Gasteiger partial charge in [-0.1, -0.05) is 6.92 Å². The smallest absolute Gasteiger partial charge is 0.335 e. The van der Waals surface area contributed by atoms with E-state index in [0.717, 1.165) is 0 Å². The molecule has 3 aromatic rings. The maximum atomic E-state index is 10.6. The predicted octanol–water partition coefficient (Wildman–Crippen LogP) is 3.18. The molecule has 260 valence electrons. The van der Waals surface area contributed by atoms with E-state index in [9.17, 15) is 14.4 Å². The van der Waals surface area contributed by atoms with Crippen LogP contribution in [0.2, 0.25) is 0 Å². The molecule has 0 heterocycles. The van der Waals surface area contributed by atoms with E-state index in [-0.39, 0.29) is 36.5 Å². The van der Waals surface area contributed by atoms with Crippen molar-refractivity contribution in [1.82, 2.24) is 0 Å². The van der Waals surface area contributed by atoms with Crippen LogP contribution in [0.25, 0.3) is 0 Å². The lowest BCUT2D eigenvalue weighted by Crippen LogP contribution is -2.29. The Labute approximate surface area is 272 Å². The van der Waals surface area contributed by atoms with Crippen molar-refractivity contribution in [3.63, 3.8) is 0 Å². The lowest BCUT2D eigenvalue weighted by Gasteiger charge is -2.20. The third kappa shape index (κ3) is 13.7. The number of aromatic carboxylic acids is 3. The van der Waals surface area contributed by atoms with Gasteiger partial charge < -0.3 is 59.1 Å². The van der Waals surface area contributed by atoms with Crippen LogP contribution in [0, 0.1) is 5.41 Å². The molecule has 0 bridgehead atoms. The van der Waals surface area contributed by atoms with E-state index in [4.69, 9.17) is 59.1 Å². The van der Waals surface area contributed by atoms with Gasteiger partial charge in [-0.05, 0) is 54.6 Å². The number of rotatable bonds is 12. The summed E-state index contributed by atoms with van der Waals surface area (Å²) in [5.41, 5.74) is -0.173. The van der Waals surface area contributed by atoms with E-state index in [1.54, 1.807) is 25.1 Å². The van der Waals surface area contributed by atoms with Crippen molar-refractivity contribution in [2.75, 3.05) is 62.5 Å². The van der Waals surface area contributed by atoms with Crippen molar-refractivity contribution in [3.8, 4) is 34.5 Å². The van der Waals surface area contributed by atoms with Crippen molar-refractivity contribution < 1.29 is 73.4 Å². The minimum Gasteiger partial charge on any atom is -0.493 e. The van der Waals surface area contributed by atoms with Gasteiger partial charge in [-0.2, -0.15) is 0 Å². The average molecular weight is 667 g/mol. The second-order valence-corrected chi connectivity index (χ2v) is 9.41. The molecule has 0 saturated carbocycles. The number of benzene rings is 3. The maximum absolute atomic E-state index is 10.6. The zero-order valence-corrected chi connectivity index (χ0v) is 27.2.